The molecule has 0 radical (unpaired) electrons. The van der Waals surface area contributed by atoms with E-state index >= 15 is 0 Å². The van der Waals surface area contributed by atoms with Crippen molar-refractivity contribution in [2.24, 2.45) is 0 Å². The Morgan fingerprint density at radius 1 is 1.35 bits per heavy atom. The van der Waals surface area contributed by atoms with Gasteiger partial charge in [0.05, 0.1) is 23.6 Å². The predicted octanol–water partition coefficient (Wildman–Crippen LogP) is 0.485. The lowest BCUT2D eigenvalue weighted by atomic mass is 10.1. The molecule has 1 unspecified atom stereocenters. The van der Waals surface area contributed by atoms with E-state index in [0.29, 0.717) is 28.5 Å². The zero-order valence-corrected chi connectivity index (χ0v) is 13.2. The number of aliphatic hydroxyl groups excluding tert-OH is 3. The second-order valence-electron chi connectivity index (χ2n) is 5.34. The maximum atomic E-state index is 10.2. The number of hydrogen-bond acceptors (Lipinski definition) is 7. The van der Waals surface area contributed by atoms with E-state index < -0.39 is 31.1 Å². The fraction of sp³-hybridized carbons (Fsp3) is 0.571. The maximum absolute atomic E-state index is 10.2. The summed E-state index contributed by atoms with van der Waals surface area (Å²) in [6.07, 6.45) is -0.497. The minimum Gasteiger partial charge on any atom is -0.477 e. The summed E-state index contributed by atoms with van der Waals surface area (Å²) in [7, 11) is 0. The van der Waals surface area contributed by atoms with E-state index in [9.17, 15) is 15.3 Å². The molecule has 0 bridgehead atoms. The van der Waals surface area contributed by atoms with Crippen LogP contribution in [-0.4, -0.2) is 61.4 Å². The molecule has 4 atom stereocenters. The third-order valence-corrected chi connectivity index (χ3v) is 4.05. The zero-order chi connectivity index (χ0) is 16.6. The van der Waals surface area contributed by atoms with Crippen LogP contribution in [0.25, 0.3) is 11.0 Å². The van der Waals surface area contributed by atoms with Gasteiger partial charge in [0.25, 0.3) is 0 Å². The van der Waals surface area contributed by atoms with Crippen molar-refractivity contribution in [2.45, 2.75) is 37.9 Å². The molecule has 1 fully saturated rings. The van der Waals surface area contributed by atoms with E-state index in [-0.39, 0.29) is 0 Å². The lowest BCUT2D eigenvalue weighted by Gasteiger charge is -2.17. The number of rotatable bonds is 5. The Bertz CT molecular complexity index is 694. The fourth-order valence-electron chi connectivity index (χ4n) is 2.63. The van der Waals surface area contributed by atoms with Crippen molar-refractivity contribution in [3.05, 3.63) is 17.5 Å². The molecule has 9 heteroatoms. The molecule has 23 heavy (non-hydrogen) atoms. The molecule has 126 valence electrons. The van der Waals surface area contributed by atoms with Gasteiger partial charge in [0.15, 0.2) is 11.9 Å². The van der Waals surface area contributed by atoms with Gasteiger partial charge in [-0.1, -0.05) is 18.5 Å². The fourth-order valence-corrected chi connectivity index (χ4v) is 2.90. The standard InChI is InChI=1S/C14H18ClN3O5/c1-2-3-22-13-9-7(15)4-18(12(9)16-6-17-13)14-11(21)10(20)8(5-19)23-14/h4,6,8,10-11,14,19-21H,2-3,5H2,1H3/t8-,10-,11-,14?/m1/s1. The molecule has 0 aromatic carbocycles. The minimum atomic E-state index is -1.21. The van der Waals surface area contributed by atoms with Crippen LogP contribution in [0.15, 0.2) is 12.5 Å². The number of halogens is 1. The number of hydrogen-bond donors (Lipinski definition) is 3. The van der Waals surface area contributed by atoms with Crippen LogP contribution in [0.1, 0.15) is 19.6 Å². The van der Waals surface area contributed by atoms with E-state index in [1.54, 1.807) is 6.20 Å². The van der Waals surface area contributed by atoms with E-state index in [4.69, 9.17) is 21.1 Å². The van der Waals surface area contributed by atoms with Crippen molar-refractivity contribution in [3.8, 4) is 5.88 Å². The smallest absolute Gasteiger partial charge is 0.227 e. The van der Waals surface area contributed by atoms with Gasteiger partial charge in [0.2, 0.25) is 5.88 Å². The summed E-state index contributed by atoms with van der Waals surface area (Å²) in [6, 6.07) is 0. The largest absolute Gasteiger partial charge is 0.477 e. The highest BCUT2D eigenvalue weighted by molar-refractivity contribution is 6.35. The van der Waals surface area contributed by atoms with Gasteiger partial charge in [-0.05, 0) is 6.42 Å². The second kappa shape index (κ2) is 6.58. The summed E-state index contributed by atoms with van der Waals surface area (Å²) < 4.78 is 12.6. The quantitative estimate of drug-likeness (QED) is 0.724. The number of aliphatic hydroxyl groups is 3. The Balaban J connectivity index is 2.03. The van der Waals surface area contributed by atoms with Crippen LogP contribution in [0.4, 0.5) is 0 Å². The first-order chi connectivity index (χ1) is 11.1. The van der Waals surface area contributed by atoms with Crippen LogP contribution < -0.4 is 4.74 Å². The van der Waals surface area contributed by atoms with Gasteiger partial charge >= 0.3 is 0 Å². The summed E-state index contributed by atoms with van der Waals surface area (Å²) in [4.78, 5) is 8.26. The maximum Gasteiger partial charge on any atom is 0.227 e. The average Bonchev–Trinajstić information content (AvgIpc) is 3.04. The first-order valence-electron chi connectivity index (χ1n) is 7.34. The van der Waals surface area contributed by atoms with Crippen molar-refractivity contribution in [2.75, 3.05) is 13.2 Å². The highest BCUT2D eigenvalue weighted by Crippen LogP contribution is 2.37. The molecule has 0 amide bonds. The predicted molar refractivity (Wildman–Crippen MR) is 81.3 cm³/mol. The first kappa shape index (κ1) is 16.4. The SMILES string of the molecule is CCCOc1ncnc2c1c(Cl)cn2C1O[C@H](CO)[C@@H](O)[C@H]1O. The average molecular weight is 344 g/mol. The molecule has 1 aliphatic rings. The van der Waals surface area contributed by atoms with Gasteiger partial charge in [-0.15, -0.1) is 0 Å². The van der Waals surface area contributed by atoms with E-state index in [1.807, 2.05) is 6.92 Å². The second-order valence-corrected chi connectivity index (χ2v) is 5.75. The van der Waals surface area contributed by atoms with Crippen LogP contribution in [0.2, 0.25) is 5.02 Å². The van der Waals surface area contributed by atoms with Gasteiger partial charge in [-0.25, -0.2) is 9.97 Å². The van der Waals surface area contributed by atoms with Crippen LogP contribution in [0, 0.1) is 0 Å². The topological polar surface area (TPSA) is 110 Å². The molecule has 0 aliphatic carbocycles. The molecule has 3 rings (SSSR count). The lowest BCUT2D eigenvalue weighted by Crippen LogP contribution is -2.33. The van der Waals surface area contributed by atoms with Crippen LogP contribution in [-0.2, 0) is 4.74 Å². The van der Waals surface area contributed by atoms with Crippen molar-refractivity contribution >= 4 is 22.6 Å². The third-order valence-electron chi connectivity index (χ3n) is 3.76. The van der Waals surface area contributed by atoms with Crippen LogP contribution in [0.5, 0.6) is 5.88 Å². The molecule has 1 aliphatic heterocycles. The summed E-state index contributed by atoms with van der Waals surface area (Å²) in [5.74, 6) is 0.354. The summed E-state index contributed by atoms with van der Waals surface area (Å²) in [5, 5.41) is 30.1. The van der Waals surface area contributed by atoms with Gasteiger partial charge in [-0.3, -0.25) is 0 Å². The Kier molecular flexibility index (Phi) is 4.69. The zero-order valence-electron chi connectivity index (χ0n) is 12.5. The van der Waals surface area contributed by atoms with E-state index in [1.165, 1.54) is 10.9 Å². The Morgan fingerprint density at radius 3 is 2.78 bits per heavy atom. The van der Waals surface area contributed by atoms with Gasteiger partial charge < -0.3 is 29.4 Å². The molecule has 0 spiro atoms. The van der Waals surface area contributed by atoms with Crippen molar-refractivity contribution < 1.29 is 24.8 Å². The van der Waals surface area contributed by atoms with Crippen LogP contribution >= 0.6 is 11.6 Å². The summed E-state index contributed by atoms with van der Waals surface area (Å²) in [6.45, 7) is 2.06. The summed E-state index contributed by atoms with van der Waals surface area (Å²) in [5.41, 5.74) is 0.422. The van der Waals surface area contributed by atoms with Crippen molar-refractivity contribution in [1.82, 2.24) is 14.5 Å². The molecule has 2 aromatic heterocycles. The van der Waals surface area contributed by atoms with Crippen molar-refractivity contribution in [1.29, 1.82) is 0 Å². The van der Waals surface area contributed by atoms with E-state index in [2.05, 4.69) is 9.97 Å². The van der Waals surface area contributed by atoms with E-state index in [0.717, 1.165) is 6.42 Å². The summed E-state index contributed by atoms with van der Waals surface area (Å²) >= 11 is 6.26. The molecular formula is C14H18ClN3O5. The Hall–Kier alpha value is -1.45. The molecule has 0 saturated carbocycles. The monoisotopic (exact) mass is 343 g/mol. The normalized spacial score (nSPS) is 27.7. The number of aromatic nitrogens is 3. The Labute approximate surface area is 137 Å². The molecule has 8 nitrogen and oxygen atoms in total. The van der Waals surface area contributed by atoms with Crippen LogP contribution in [0.3, 0.4) is 0 Å². The highest BCUT2D eigenvalue weighted by atomic mass is 35.5. The number of ether oxygens (including phenoxy) is 2. The number of nitrogens with zero attached hydrogens (tertiary/aromatic N) is 3. The van der Waals surface area contributed by atoms with Gasteiger partial charge in [0.1, 0.15) is 24.6 Å². The molecule has 3 N–H and O–H groups in total. The molecule has 2 aromatic rings. The lowest BCUT2D eigenvalue weighted by molar-refractivity contribution is -0.0508. The Morgan fingerprint density at radius 2 is 2.13 bits per heavy atom. The molecule has 3 heterocycles. The third kappa shape index (κ3) is 2.77. The first-order valence-corrected chi connectivity index (χ1v) is 7.72. The highest BCUT2D eigenvalue weighted by Gasteiger charge is 2.44. The van der Waals surface area contributed by atoms with Gasteiger partial charge in [-0.2, -0.15) is 0 Å². The minimum absolute atomic E-state index is 0.351. The molecule has 1 saturated heterocycles. The molecular weight excluding hydrogens is 326 g/mol. The number of fused-ring (bicyclic) bond motifs is 1. The van der Waals surface area contributed by atoms with Gasteiger partial charge in [0, 0.05) is 6.20 Å². The van der Waals surface area contributed by atoms with Crippen molar-refractivity contribution in [3.63, 3.8) is 0 Å².